The summed E-state index contributed by atoms with van der Waals surface area (Å²) < 4.78 is 13.2. The van der Waals surface area contributed by atoms with Gasteiger partial charge in [-0.1, -0.05) is 41.9 Å². The molecule has 5 rings (SSSR count). The summed E-state index contributed by atoms with van der Waals surface area (Å²) in [5.41, 5.74) is 3.04. The van der Waals surface area contributed by atoms with Crippen molar-refractivity contribution in [2.75, 3.05) is 11.4 Å². The van der Waals surface area contributed by atoms with E-state index in [9.17, 15) is 18.8 Å². The number of nitrogens with zero attached hydrogens (tertiary/aromatic N) is 2. The number of nitrogens with one attached hydrogen (secondary N) is 1. The molecular weight excluding hydrogens is 469 g/mol. The van der Waals surface area contributed by atoms with Crippen molar-refractivity contribution >= 4 is 35.0 Å². The number of anilines is 1. The predicted octanol–water partition coefficient (Wildman–Crippen LogP) is 4.56. The van der Waals surface area contributed by atoms with E-state index in [1.807, 2.05) is 12.1 Å². The van der Waals surface area contributed by atoms with E-state index in [4.69, 9.17) is 11.6 Å². The largest absolute Gasteiger partial charge is 0.348 e. The highest BCUT2D eigenvalue weighted by atomic mass is 35.5. The Balaban J connectivity index is 1.32. The summed E-state index contributed by atoms with van der Waals surface area (Å²) in [7, 11) is 0. The van der Waals surface area contributed by atoms with Crippen LogP contribution >= 0.6 is 11.6 Å². The normalized spacial score (nSPS) is 17.1. The smallest absolute Gasteiger partial charge is 0.256 e. The second-order valence-electron chi connectivity index (χ2n) is 8.71. The van der Waals surface area contributed by atoms with Crippen LogP contribution in [-0.2, 0) is 17.9 Å². The lowest BCUT2D eigenvalue weighted by Gasteiger charge is -2.26. The molecule has 178 valence electrons. The molecular formula is C27H23ClFN3O3. The lowest BCUT2D eigenvalue weighted by atomic mass is 10.1. The summed E-state index contributed by atoms with van der Waals surface area (Å²) in [5.74, 6) is -0.914. The number of fused-ring (bicyclic) bond motifs is 2. The molecule has 2 heterocycles. The number of benzene rings is 3. The fraction of sp³-hybridized carbons (Fsp3) is 0.222. The molecule has 0 aromatic heterocycles. The Labute approximate surface area is 207 Å². The zero-order valence-electron chi connectivity index (χ0n) is 18.8. The minimum Gasteiger partial charge on any atom is -0.348 e. The van der Waals surface area contributed by atoms with Crippen LogP contribution in [0.3, 0.4) is 0 Å². The van der Waals surface area contributed by atoms with E-state index in [1.165, 1.54) is 18.2 Å². The van der Waals surface area contributed by atoms with Crippen LogP contribution in [0.25, 0.3) is 0 Å². The maximum Gasteiger partial charge on any atom is 0.256 e. The average molecular weight is 492 g/mol. The second-order valence-corrected chi connectivity index (χ2v) is 9.12. The lowest BCUT2D eigenvalue weighted by molar-refractivity contribution is -0.122. The quantitative estimate of drug-likeness (QED) is 0.569. The van der Waals surface area contributed by atoms with Crippen LogP contribution in [0.1, 0.15) is 44.7 Å². The van der Waals surface area contributed by atoms with Gasteiger partial charge in [-0.15, -0.1) is 0 Å². The summed E-state index contributed by atoms with van der Waals surface area (Å²) in [6, 6.07) is 17.8. The van der Waals surface area contributed by atoms with Gasteiger partial charge in [0, 0.05) is 23.7 Å². The Kier molecular flexibility index (Phi) is 6.26. The Bertz CT molecular complexity index is 1310. The van der Waals surface area contributed by atoms with E-state index in [0.717, 1.165) is 12.0 Å². The van der Waals surface area contributed by atoms with Crippen molar-refractivity contribution in [1.29, 1.82) is 0 Å². The van der Waals surface area contributed by atoms with Crippen LogP contribution < -0.4 is 10.2 Å². The third-order valence-electron chi connectivity index (χ3n) is 6.50. The number of carbonyl (C=O) groups excluding carboxylic acids is 3. The van der Waals surface area contributed by atoms with Crippen molar-refractivity contribution in [3.8, 4) is 0 Å². The van der Waals surface area contributed by atoms with Crippen LogP contribution in [0.4, 0.5) is 10.1 Å². The van der Waals surface area contributed by atoms with Crippen molar-refractivity contribution in [2.24, 2.45) is 0 Å². The minimum atomic E-state index is -0.446. The molecule has 2 aliphatic heterocycles. The number of rotatable bonds is 5. The Morgan fingerprint density at radius 3 is 2.60 bits per heavy atom. The van der Waals surface area contributed by atoms with Gasteiger partial charge in [-0.2, -0.15) is 0 Å². The summed E-state index contributed by atoms with van der Waals surface area (Å²) in [6.45, 7) is 1.05. The van der Waals surface area contributed by atoms with Crippen molar-refractivity contribution in [3.05, 3.63) is 99.8 Å². The molecule has 1 atom stereocenters. The molecule has 0 aliphatic carbocycles. The summed E-state index contributed by atoms with van der Waals surface area (Å²) in [4.78, 5) is 42.4. The molecule has 0 radical (unpaired) electrons. The highest BCUT2D eigenvalue weighted by molar-refractivity contribution is 6.31. The van der Waals surface area contributed by atoms with Crippen LogP contribution in [0.2, 0.25) is 5.02 Å². The summed E-state index contributed by atoms with van der Waals surface area (Å²) in [6.07, 6.45) is 1.47. The van der Waals surface area contributed by atoms with Gasteiger partial charge in [0.15, 0.2) is 0 Å². The van der Waals surface area contributed by atoms with Gasteiger partial charge in [0.2, 0.25) is 5.91 Å². The topological polar surface area (TPSA) is 69.7 Å². The molecule has 2 aliphatic rings. The van der Waals surface area contributed by atoms with Gasteiger partial charge in [-0.3, -0.25) is 14.4 Å². The van der Waals surface area contributed by atoms with Gasteiger partial charge in [0.05, 0.1) is 17.8 Å². The molecule has 3 aromatic rings. The number of para-hydroxylation sites is 1. The average Bonchev–Trinajstić information content (AvgIpc) is 3.34. The van der Waals surface area contributed by atoms with E-state index in [1.54, 1.807) is 46.2 Å². The Hall–Kier alpha value is -3.71. The monoisotopic (exact) mass is 491 g/mol. The van der Waals surface area contributed by atoms with E-state index in [2.05, 4.69) is 5.32 Å². The third-order valence-corrected chi connectivity index (χ3v) is 6.85. The molecule has 0 spiro atoms. The lowest BCUT2D eigenvalue weighted by Crippen LogP contribution is -2.44. The van der Waals surface area contributed by atoms with Crippen molar-refractivity contribution in [3.63, 3.8) is 0 Å². The maximum absolute atomic E-state index is 13.4. The van der Waals surface area contributed by atoms with Crippen LogP contribution in [0.5, 0.6) is 0 Å². The zero-order chi connectivity index (χ0) is 24.5. The first-order valence-corrected chi connectivity index (χ1v) is 11.8. The molecule has 6 nitrogen and oxygen atoms in total. The first-order valence-electron chi connectivity index (χ1n) is 11.4. The molecule has 1 N–H and O–H groups in total. The van der Waals surface area contributed by atoms with Gasteiger partial charge in [-0.05, 0) is 60.4 Å². The molecule has 3 amide bonds. The number of hydrogen-bond donors (Lipinski definition) is 1. The first-order chi connectivity index (χ1) is 16.9. The molecule has 1 saturated heterocycles. The molecule has 0 saturated carbocycles. The minimum absolute atomic E-state index is 0.0844. The van der Waals surface area contributed by atoms with Crippen molar-refractivity contribution < 1.29 is 18.8 Å². The number of amides is 3. The SMILES string of the molecule is O=C(NCc1ccc(F)cc1Cl)c1ccc(CN2C(=O)C3CCCN3C(=O)c3ccccc32)cc1. The standard InChI is InChI=1S/C27H23ClFN3O3/c28-22-14-20(29)12-11-19(22)15-30-25(33)18-9-7-17(8-10-18)16-32-23-5-2-1-4-21(23)26(34)31-13-3-6-24(31)27(32)35/h1-2,4-5,7-12,14,24H,3,6,13,15-16H2,(H,30,33). The number of hydrogen-bond acceptors (Lipinski definition) is 3. The molecule has 8 heteroatoms. The molecule has 35 heavy (non-hydrogen) atoms. The molecule has 1 fully saturated rings. The van der Waals surface area contributed by atoms with E-state index in [-0.39, 0.29) is 29.3 Å². The maximum atomic E-state index is 13.4. The highest BCUT2D eigenvalue weighted by Crippen LogP contribution is 2.33. The fourth-order valence-electron chi connectivity index (χ4n) is 4.66. The Morgan fingerprint density at radius 1 is 1.06 bits per heavy atom. The van der Waals surface area contributed by atoms with Crippen molar-refractivity contribution in [1.82, 2.24) is 10.2 Å². The van der Waals surface area contributed by atoms with Crippen molar-refractivity contribution in [2.45, 2.75) is 32.0 Å². The van der Waals surface area contributed by atoms with E-state index < -0.39 is 11.9 Å². The van der Waals surface area contributed by atoms with Crippen LogP contribution in [0, 0.1) is 5.82 Å². The molecule has 0 bridgehead atoms. The van der Waals surface area contributed by atoms with Gasteiger partial charge in [-0.25, -0.2) is 4.39 Å². The number of carbonyl (C=O) groups is 3. The number of halogens is 2. The van der Waals surface area contributed by atoms with E-state index >= 15 is 0 Å². The van der Waals surface area contributed by atoms with Crippen LogP contribution in [0.15, 0.2) is 66.7 Å². The Morgan fingerprint density at radius 2 is 1.83 bits per heavy atom. The van der Waals surface area contributed by atoms with Gasteiger partial charge in [0.1, 0.15) is 11.9 Å². The van der Waals surface area contributed by atoms with E-state index in [0.29, 0.717) is 41.9 Å². The zero-order valence-corrected chi connectivity index (χ0v) is 19.6. The van der Waals surface area contributed by atoms with Crippen LogP contribution in [-0.4, -0.2) is 35.2 Å². The summed E-state index contributed by atoms with van der Waals surface area (Å²) in [5, 5.41) is 3.03. The van der Waals surface area contributed by atoms with Gasteiger partial charge in [0.25, 0.3) is 11.8 Å². The molecule has 1 unspecified atom stereocenters. The third kappa shape index (κ3) is 4.51. The predicted molar refractivity (Wildman–Crippen MR) is 131 cm³/mol. The van der Waals surface area contributed by atoms with Gasteiger partial charge < -0.3 is 15.1 Å². The molecule has 3 aromatic carbocycles. The summed E-state index contributed by atoms with van der Waals surface area (Å²) >= 11 is 6.03. The first kappa shape index (κ1) is 23.1. The van der Waals surface area contributed by atoms with Gasteiger partial charge >= 0.3 is 0 Å². The second kappa shape index (κ2) is 9.50. The fourth-order valence-corrected chi connectivity index (χ4v) is 4.89. The highest BCUT2D eigenvalue weighted by Gasteiger charge is 2.41.